The largest absolute Gasteiger partial charge is 0.362 e. The number of anilines is 1. The Morgan fingerprint density at radius 2 is 1.61 bits per heavy atom. The zero-order chi connectivity index (χ0) is 22.6. The number of aromatic nitrogens is 2. The highest BCUT2D eigenvalue weighted by molar-refractivity contribution is 7.54. The fraction of sp³-hybridized carbons (Fsp3) is 0.318. The monoisotopic (exact) mass is 463 g/mol. The Kier molecular flexibility index (Phi) is 7.44. The molecule has 166 valence electrons. The maximum absolute atomic E-state index is 13.7. The minimum atomic E-state index is -3.66. The third-order valence-corrected chi connectivity index (χ3v) is 7.50. The quantitative estimate of drug-likeness (QED) is 0.423. The van der Waals surface area contributed by atoms with Gasteiger partial charge in [0.15, 0.2) is 5.78 Å². The van der Waals surface area contributed by atoms with Crippen molar-refractivity contribution >= 4 is 24.9 Å². The van der Waals surface area contributed by atoms with Crippen molar-refractivity contribution in [3.05, 3.63) is 81.2 Å². The molecule has 0 aliphatic carbocycles. The Hall–Kier alpha value is -2.31. The molecule has 7 nitrogen and oxygen atoms in total. The lowest BCUT2D eigenvalue weighted by Crippen LogP contribution is -2.23. The molecule has 0 bridgehead atoms. The van der Waals surface area contributed by atoms with Gasteiger partial charge in [-0.1, -0.05) is 41.9 Å². The summed E-state index contributed by atoms with van der Waals surface area (Å²) in [4.78, 5) is 13.4. The van der Waals surface area contributed by atoms with Gasteiger partial charge in [-0.05, 0) is 50.6 Å². The zero-order valence-corrected chi connectivity index (χ0v) is 19.7. The van der Waals surface area contributed by atoms with E-state index in [1.54, 1.807) is 54.5 Å². The van der Waals surface area contributed by atoms with Crippen molar-refractivity contribution in [2.45, 2.75) is 26.6 Å². The van der Waals surface area contributed by atoms with E-state index in [2.05, 4.69) is 5.32 Å². The van der Waals surface area contributed by atoms with Gasteiger partial charge in [-0.25, -0.2) is 4.68 Å². The molecule has 0 amide bonds. The van der Waals surface area contributed by atoms with E-state index >= 15 is 0 Å². The molecule has 3 aromatic rings. The van der Waals surface area contributed by atoms with Crippen LogP contribution in [0, 0.1) is 6.92 Å². The minimum Gasteiger partial charge on any atom is -0.362 e. The molecule has 3 rings (SSSR count). The molecule has 0 radical (unpaired) electrons. The number of para-hydroxylation sites is 1. The lowest BCUT2D eigenvalue weighted by atomic mass is 10.2. The van der Waals surface area contributed by atoms with Crippen LogP contribution in [0.1, 0.15) is 30.9 Å². The second kappa shape index (κ2) is 9.88. The predicted molar refractivity (Wildman–Crippen MR) is 124 cm³/mol. The maximum atomic E-state index is 13.7. The molecule has 0 fully saturated rings. The third kappa shape index (κ3) is 4.80. The molecule has 0 saturated carbocycles. The van der Waals surface area contributed by atoms with Gasteiger partial charge in [-0.15, -0.1) is 0 Å². The average molecular weight is 464 g/mol. The topological polar surface area (TPSA) is 74.5 Å². The van der Waals surface area contributed by atoms with Gasteiger partial charge in [-0.2, -0.15) is 0 Å². The number of nitrogens with one attached hydrogen (secondary N) is 1. The first-order chi connectivity index (χ1) is 14.8. The Balaban J connectivity index is 2.13. The van der Waals surface area contributed by atoms with Gasteiger partial charge in [0.25, 0.3) is 5.56 Å². The van der Waals surface area contributed by atoms with Crippen molar-refractivity contribution in [3.8, 4) is 5.69 Å². The summed E-state index contributed by atoms with van der Waals surface area (Å²) >= 11 is 6.05. The van der Waals surface area contributed by atoms with Crippen LogP contribution < -0.4 is 10.9 Å². The van der Waals surface area contributed by atoms with E-state index in [-0.39, 0.29) is 18.8 Å². The number of benzene rings is 2. The van der Waals surface area contributed by atoms with E-state index in [1.165, 1.54) is 0 Å². The summed E-state index contributed by atoms with van der Waals surface area (Å²) in [7, 11) is -1.86. The second-order valence-electron chi connectivity index (χ2n) is 6.91. The van der Waals surface area contributed by atoms with Gasteiger partial charge in [0.2, 0.25) is 0 Å². The maximum Gasteiger partial charge on any atom is 0.357 e. The van der Waals surface area contributed by atoms with Crippen LogP contribution in [0.25, 0.3) is 5.69 Å². The lowest BCUT2D eigenvalue weighted by Gasteiger charge is -2.27. The smallest absolute Gasteiger partial charge is 0.357 e. The first-order valence-corrected chi connectivity index (χ1v) is 12.1. The molecule has 1 aromatic heterocycles. The van der Waals surface area contributed by atoms with Crippen molar-refractivity contribution in [1.82, 2.24) is 9.36 Å². The van der Waals surface area contributed by atoms with Crippen molar-refractivity contribution in [3.63, 3.8) is 0 Å². The van der Waals surface area contributed by atoms with Crippen LogP contribution in [0.4, 0.5) is 5.69 Å². The van der Waals surface area contributed by atoms with Crippen molar-refractivity contribution in [2.24, 2.45) is 7.05 Å². The van der Waals surface area contributed by atoms with Crippen LogP contribution in [0.5, 0.6) is 0 Å². The summed E-state index contributed by atoms with van der Waals surface area (Å²) < 4.78 is 28.3. The molecule has 31 heavy (non-hydrogen) atoms. The summed E-state index contributed by atoms with van der Waals surface area (Å²) in [6.07, 6.45) is 0. The van der Waals surface area contributed by atoms with E-state index in [4.69, 9.17) is 20.6 Å². The predicted octanol–water partition coefficient (Wildman–Crippen LogP) is 5.51. The average Bonchev–Trinajstić information content (AvgIpc) is 2.96. The van der Waals surface area contributed by atoms with Crippen molar-refractivity contribution in [2.75, 3.05) is 18.5 Å². The molecule has 9 heteroatoms. The fourth-order valence-electron chi connectivity index (χ4n) is 3.41. The van der Waals surface area contributed by atoms with Crippen LogP contribution in [0.3, 0.4) is 0 Å². The molecule has 1 atom stereocenters. The summed E-state index contributed by atoms with van der Waals surface area (Å²) in [5.41, 5.74) is 2.12. The van der Waals surface area contributed by atoms with Gasteiger partial charge in [0.1, 0.15) is 5.69 Å². The van der Waals surface area contributed by atoms with Crippen LogP contribution in [-0.4, -0.2) is 22.6 Å². The third-order valence-electron chi connectivity index (χ3n) is 4.96. The minimum absolute atomic E-state index is 0.199. The van der Waals surface area contributed by atoms with E-state index in [1.807, 2.05) is 37.3 Å². The standard InChI is InChI=1S/C22H27ClN3O4P/c1-5-29-31(28,30-6-2)21(17-12-14-18(23)15-13-17)24-20-16(3)25(4)26(22(20)27)19-10-8-7-9-11-19/h7-15,21,24H,5-6H2,1-4H3/t21-/m0/s1. The summed E-state index contributed by atoms with van der Waals surface area (Å²) in [5.74, 6) is -0.886. The first-order valence-electron chi connectivity index (χ1n) is 10.1. The molecule has 0 unspecified atom stereocenters. The molecule has 1 N–H and O–H groups in total. The van der Waals surface area contributed by atoms with Gasteiger partial charge < -0.3 is 14.4 Å². The molecule has 0 saturated heterocycles. The molecular formula is C22H27ClN3O4P. The molecule has 0 spiro atoms. The summed E-state index contributed by atoms with van der Waals surface area (Å²) in [6.45, 7) is 5.73. The number of halogens is 1. The Bertz CT molecular complexity index is 1120. The highest BCUT2D eigenvalue weighted by Crippen LogP contribution is 2.60. The van der Waals surface area contributed by atoms with E-state index in [0.29, 0.717) is 22.0 Å². The van der Waals surface area contributed by atoms with Crippen molar-refractivity contribution < 1.29 is 13.6 Å². The Morgan fingerprint density at radius 1 is 1.03 bits per heavy atom. The van der Waals surface area contributed by atoms with Gasteiger partial charge >= 0.3 is 7.60 Å². The normalized spacial score (nSPS) is 12.7. The second-order valence-corrected chi connectivity index (χ2v) is 9.46. The lowest BCUT2D eigenvalue weighted by molar-refractivity contribution is 0.214. The number of hydrogen-bond acceptors (Lipinski definition) is 5. The molecule has 0 aliphatic heterocycles. The molecule has 1 heterocycles. The molecular weight excluding hydrogens is 437 g/mol. The SMILES string of the molecule is CCOP(=O)(OCC)[C@H](Nc1c(C)n(C)n(-c2ccccc2)c1=O)c1ccc(Cl)cc1. The van der Waals surface area contributed by atoms with Crippen LogP contribution in [0.2, 0.25) is 5.02 Å². The van der Waals surface area contributed by atoms with Gasteiger partial charge in [-0.3, -0.25) is 14.0 Å². The summed E-state index contributed by atoms with van der Waals surface area (Å²) in [6, 6.07) is 16.2. The molecule has 0 aliphatic rings. The zero-order valence-electron chi connectivity index (χ0n) is 18.0. The van der Waals surface area contributed by atoms with Crippen LogP contribution in [0.15, 0.2) is 59.4 Å². The number of rotatable bonds is 9. The van der Waals surface area contributed by atoms with E-state index in [9.17, 15) is 9.36 Å². The molecule has 2 aromatic carbocycles. The fourth-order valence-corrected chi connectivity index (χ4v) is 5.45. The van der Waals surface area contributed by atoms with E-state index in [0.717, 1.165) is 5.69 Å². The Morgan fingerprint density at radius 3 is 2.16 bits per heavy atom. The Labute approximate surface area is 187 Å². The van der Waals surface area contributed by atoms with Gasteiger partial charge in [0.05, 0.1) is 24.6 Å². The van der Waals surface area contributed by atoms with Crippen LogP contribution >= 0.6 is 19.2 Å². The number of hydrogen-bond donors (Lipinski definition) is 1. The highest BCUT2D eigenvalue weighted by Gasteiger charge is 2.38. The van der Waals surface area contributed by atoms with Gasteiger partial charge in [0, 0.05) is 12.1 Å². The highest BCUT2D eigenvalue weighted by atomic mass is 35.5. The first kappa shape index (κ1) is 23.4. The van der Waals surface area contributed by atoms with Crippen LogP contribution in [-0.2, 0) is 20.7 Å². The van der Waals surface area contributed by atoms with E-state index < -0.39 is 13.4 Å². The number of nitrogens with zero attached hydrogens (tertiary/aromatic N) is 2. The summed E-state index contributed by atoms with van der Waals surface area (Å²) in [5, 5.41) is 3.73. The van der Waals surface area contributed by atoms with Crippen molar-refractivity contribution in [1.29, 1.82) is 0 Å².